The highest BCUT2D eigenvalue weighted by atomic mass is 16.2. The third kappa shape index (κ3) is 2.97. The van der Waals surface area contributed by atoms with Crippen molar-refractivity contribution in [2.45, 2.75) is 26.8 Å². The smallest absolute Gasteiger partial charge is 0.264 e. The van der Waals surface area contributed by atoms with Crippen molar-refractivity contribution >= 4 is 11.9 Å². The molecule has 26 heavy (non-hydrogen) atoms. The number of amides is 1. The van der Waals surface area contributed by atoms with E-state index in [9.17, 15) is 9.59 Å². The lowest BCUT2D eigenvalue weighted by molar-refractivity contribution is -0.123. The summed E-state index contributed by atoms with van der Waals surface area (Å²) in [5.74, 6) is 2.44. The van der Waals surface area contributed by atoms with Crippen LogP contribution in [0.3, 0.4) is 0 Å². The average molecular weight is 357 g/mol. The molecule has 2 aromatic heterocycles. The summed E-state index contributed by atoms with van der Waals surface area (Å²) in [6.45, 7) is 7.30. The van der Waals surface area contributed by atoms with E-state index in [1.807, 2.05) is 0 Å². The van der Waals surface area contributed by atoms with Crippen molar-refractivity contribution in [1.82, 2.24) is 30.3 Å². The van der Waals surface area contributed by atoms with Crippen molar-refractivity contribution in [3.63, 3.8) is 0 Å². The summed E-state index contributed by atoms with van der Waals surface area (Å²) in [7, 11) is 0. The Balaban J connectivity index is 1.68. The highest BCUT2D eigenvalue weighted by molar-refractivity contribution is 5.81. The van der Waals surface area contributed by atoms with Crippen LogP contribution in [0.1, 0.15) is 20.3 Å². The average Bonchev–Trinajstić information content (AvgIpc) is 3.18. The Kier molecular flexibility index (Phi) is 4.21. The molecule has 0 aromatic carbocycles. The maximum absolute atomic E-state index is 11.9. The van der Waals surface area contributed by atoms with Crippen molar-refractivity contribution in [3.8, 4) is 11.4 Å². The van der Waals surface area contributed by atoms with Crippen LogP contribution in [0.25, 0.3) is 11.4 Å². The minimum absolute atomic E-state index is 0.115. The minimum atomic E-state index is -0.264. The summed E-state index contributed by atoms with van der Waals surface area (Å²) in [5.41, 5.74) is 0.389. The molecule has 9 heteroatoms. The van der Waals surface area contributed by atoms with Crippen molar-refractivity contribution in [3.05, 3.63) is 22.6 Å². The summed E-state index contributed by atoms with van der Waals surface area (Å²) in [4.78, 5) is 25.7. The van der Waals surface area contributed by atoms with E-state index in [4.69, 9.17) is 0 Å². The van der Waals surface area contributed by atoms with Crippen LogP contribution in [-0.4, -0.2) is 50.5 Å². The van der Waals surface area contributed by atoms with E-state index < -0.39 is 0 Å². The molecule has 2 aliphatic rings. The first kappa shape index (κ1) is 16.7. The number of anilines is 1. The van der Waals surface area contributed by atoms with Crippen LogP contribution < -0.4 is 15.8 Å². The normalized spacial score (nSPS) is 22.6. The maximum atomic E-state index is 11.9. The molecule has 0 aliphatic carbocycles. The van der Waals surface area contributed by atoms with Crippen molar-refractivity contribution in [1.29, 1.82) is 0 Å². The van der Waals surface area contributed by atoms with Gasteiger partial charge in [-0.1, -0.05) is 13.8 Å². The standard InChI is InChI=1S/C17H23N7O2/c1-10(2)8-24-15(11-5-14(25)20-19-7-11)21-22-17(24)23-4-3-13-12(9-23)6-18-16(13)26/h5,7,10,12-13H,3-4,6,8-9H2,1-2H3,(H,18,26)(H,20,25)/t12-,13+/m0/s1. The van der Waals surface area contributed by atoms with Gasteiger partial charge in [-0.2, -0.15) is 5.10 Å². The lowest BCUT2D eigenvalue weighted by atomic mass is 9.88. The van der Waals surface area contributed by atoms with Crippen LogP contribution in [-0.2, 0) is 11.3 Å². The second kappa shape index (κ2) is 6.54. The van der Waals surface area contributed by atoms with Gasteiger partial charge < -0.3 is 10.2 Å². The zero-order valence-electron chi connectivity index (χ0n) is 15.0. The number of carbonyl (C=O) groups excluding carboxylic acids is 1. The number of carbonyl (C=O) groups is 1. The van der Waals surface area contributed by atoms with E-state index in [0.29, 0.717) is 23.2 Å². The van der Waals surface area contributed by atoms with Crippen LogP contribution >= 0.6 is 0 Å². The molecule has 138 valence electrons. The fourth-order valence-corrected chi connectivity index (χ4v) is 3.90. The van der Waals surface area contributed by atoms with Gasteiger partial charge >= 0.3 is 0 Å². The number of piperidine rings is 1. The first-order valence-corrected chi connectivity index (χ1v) is 9.04. The SMILES string of the molecule is CC(C)Cn1c(-c2cn[nH]c(=O)c2)nnc1N1CC[C@H]2C(=O)NC[C@H]2C1. The fraction of sp³-hybridized carbons (Fsp3) is 0.588. The molecule has 4 heterocycles. The number of rotatable bonds is 4. The molecule has 0 saturated carbocycles. The number of hydrogen-bond donors (Lipinski definition) is 2. The molecule has 0 bridgehead atoms. The van der Waals surface area contributed by atoms with Gasteiger partial charge in [-0.25, -0.2) is 5.10 Å². The Hall–Kier alpha value is -2.71. The molecule has 0 unspecified atom stereocenters. The number of nitrogens with one attached hydrogen (secondary N) is 2. The van der Waals surface area contributed by atoms with Gasteiger partial charge in [-0.05, 0) is 12.3 Å². The van der Waals surface area contributed by atoms with E-state index in [1.165, 1.54) is 6.07 Å². The van der Waals surface area contributed by atoms with Gasteiger partial charge in [0.2, 0.25) is 11.9 Å². The number of nitrogens with zero attached hydrogens (tertiary/aromatic N) is 5. The van der Waals surface area contributed by atoms with Gasteiger partial charge in [-0.15, -0.1) is 10.2 Å². The zero-order valence-corrected chi connectivity index (χ0v) is 15.0. The minimum Gasteiger partial charge on any atom is -0.355 e. The third-order valence-corrected chi connectivity index (χ3v) is 5.09. The summed E-state index contributed by atoms with van der Waals surface area (Å²) < 4.78 is 2.06. The van der Waals surface area contributed by atoms with Gasteiger partial charge in [0, 0.05) is 49.6 Å². The van der Waals surface area contributed by atoms with Crippen LogP contribution in [0, 0.1) is 17.8 Å². The number of H-pyrrole nitrogens is 1. The second-order valence-electron chi connectivity index (χ2n) is 7.51. The summed E-state index contributed by atoms with van der Waals surface area (Å²) in [6, 6.07) is 1.49. The predicted molar refractivity (Wildman–Crippen MR) is 95.5 cm³/mol. The first-order valence-electron chi connectivity index (χ1n) is 9.04. The molecule has 2 N–H and O–H groups in total. The number of fused-ring (bicyclic) bond motifs is 1. The van der Waals surface area contributed by atoms with Crippen LogP contribution in [0.5, 0.6) is 0 Å². The number of aromatic amines is 1. The van der Waals surface area contributed by atoms with Crippen molar-refractivity contribution < 1.29 is 4.79 Å². The summed E-state index contributed by atoms with van der Waals surface area (Å²) in [5, 5.41) is 18.0. The molecule has 9 nitrogen and oxygen atoms in total. The van der Waals surface area contributed by atoms with E-state index in [0.717, 1.165) is 38.5 Å². The lowest BCUT2D eigenvalue weighted by Crippen LogP contribution is -2.42. The number of hydrogen-bond acceptors (Lipinski definition) is 6. The molecule has 4 rings (SSSR count). The van der Waals surface area contributed by atoms with E-state index >= 15 is 0 Å². The molecule has 0 radical (unpaired) electrons. The molecule has 2 atom stereocenters. The molecule has 2 saturated heterocycles. The third-order valence-electron chi connectivity index (χ3n) is 5.09. The lowest BCUT2D eigenvalue weighted by Gasteiger charge is -2.34. The summed E-state index contributed by atoms with van der Waals surface area (Å²) in [6.07, 6.45) is 2.42. The van der Waals surface area contributed by atoms with E-state index in [-0.39, 0.29) is 17.4 Å². The Bertz CT molecular complexity index is 872. The second-order valence-corrected chi connectivity index (χ2v) is 7.51. The molecular weight excluding hydrogens is 334 g/mol. The maximum Gasteiger partial charge on any atom is 0.264 e. The van der Waals surface area contributed by atoms with Crippen LogP contribution in [0.15, 0.2) is 17.1 Å². The first-order chi connectivity index (χ1) is 12.5. The molecule has 2 fully saturated rings. The highest BCUT2D eigenvalue weighted by Gasteiger charge is 2.40. The fourth-order valence-electron chi connectivity index (χ4n) is 3.90. The van der Waals surface area contributed by atoms with Crippen LogP contribution in [0.4, 0.5) is 5.95 Å². The molecular formula is C17H23N7O2. The van der Waals surface area contributed by atoms with E-state index in [1.54, 1.807) is 6.20 Å². The molecule has 1 amide bonds. The highest BCUT2D eigenvalue weighted by Crippen LogP contribution is 2.31. The Labute approximate surface area is 150 Å². The van der Waals surface area contributed by atoms with Gasteiger partial charge in [0.1, 0.15) is 0 Å². The Morgan fingerprint density at radius 1 is 1.31 bits per heavy atom. The quantitative estimate of drug-likeness (QED) is 0.812. The topological polar surface area (TPSA) is 109 Å². The van der Waals surface area contributed by atoms with Crippen LogP contribution in [0.2, 0.25) is 0 Å². The van der Waals surface area contributed by atoms with Crippen molar-refractivity contribution in [2.24, 2.45) is 17.8 Å². The summed E-state index contributed by atoms with van der Waals surface area (Å²) >= 11 is 0. The van der Waals surface area contributed by atoms with Gasteiger partial charge in [-0.3, -0.25) is 14.2 Å². The van der Waals surface area contributed by atoms with Gasteiger partial charge in [0.15, 0.2) is 5.82 Å². The predicted octanol–water partition coefficient (Wildman–Crippen LogP) is 0.257. The van der Waals surface area contributed by atoms with Gasteiger partial charge in [0.25, 0.3) is 5.56 Å². The molecule has 2 aromatic rings. The van der Waals surface area contributed by atoms with Crippen molar-refractivity contribution in [2.75, 3.05) is 24.5 Å². The monoisotopic (exact) mass is 357 g/mol. The van der Waals surface area contributed by atoms with Gasteiger partial charge in [0.05, 0.1) is 6.20 Å². The Morgan fingerprint density at radius 3 is 2.92 bits per heavy atom. The molecule has 0 spiro atoms. The molecule has 2 aliphatic heterocycles. The zero-order chi connectivity index (χ0) is 18.3. The van der Waals surface area contributed by atoms with E-state index in [2.05, 4.69) is 49.0 Å². The largest absolute Gasteiger partial charge is 0.355 e. The number of aromatic nitrogens is 5. The Morgan fingerprint density at radius 2 is 2.15 bits per heavy atom.